The molecule has 0 unspecified atom stereocenters. The van der Waals surface area contributed by atoms with E-state index in [1.807, 2.05) is 31.2 Å². The maximum atomic E-state index is 5.78. The molecule has 0 aliphatic carbocycles. The van der Waals surface area contributed by atoms with Gasteiger partial charge in [0, 0.05) is 12.1 Å². The number of hydrogen-bond acceptors (Lipinski definition) is 3. The molecule has 1 heterocycles. The van der Waals surface area contributed by atoms with Crippen LogP contribution in [0.2, 0.25) is 0 Å². The van der Waals surface area contributed by atoms with E-state index >= 15 is 0 Å². The van der Waals surface area contributed by atoms with Crippen LogP contribution in [0.5, 0.6) is 11.5 Å². The Morgan fingerprint density at radius 3 is 2.78 bits per heavy atom. The summed E-state index contributed by atoms with van der Waals surface area (Å²) in [6.45, 7) is 4.61. The molecule has 1 atom stereocenters. The maximum Gasteiger partial charge on any atom is 0.122 e. The molecule has 1 fully saturated rings. The third-order valence-corrected chi connectivity index (χ3v) is 3.26. The van der Waals surface area contributed by atoms with Crippen molar-refractivity contribution in [2.24, 2.45) is 0 Å². The summed E-state index contributed by atoms with van der Waals surface area (Å²) in [4.78, 5) is 0. The summed E-state index contributed by atoms with van der Waals surface area (Å²) in [5.74, 6) is 1.78. The lowest BCUT2D eigenvalue weighted by Crippen LogP contribution is -2.35. The van der Waals surface area contributed by atoms with Crippen molar-refractivity contribution in [3.63, 3.8) is 0 Å². The summed E-state index contributed by atoms with van der Waals surface area (Å²) in [5, 5.41) is 3.53. The van der Waals surface area contributed by atoms with Gasteiger partial charge in [0.25, 0.3) is 0 Å². The molecular weight excluding hydrogens is 226 g/mol. The number of ether oxygens (including phenoxy) is 2. The minimum Gasteiger partial charge on any atom is -0.494 e. The lowest BCUT2D eigenvalue weighted by Gasteiger charge is -2.23. The molecule has 3 heteroatoms. The van der Waals surface area contributed by atoms with E-state index in [4.69, 9.17) is 9.47 Å². The molecule has 1 N–H and O–H groups in total. The van der Waals surface area contributed by atoms with Gasteiger partial charge in [-0.15, -0.1) is 0 Å². The van der Waals surface area contributed by atoms with Gasteiger partial charge in [0.15, 0.2) is 0 Å². The van der Waals surface area contributed by atoms with Crippen LogP contribution in [0, 0.1) is 0 Å². The highest BCUT2D eigenvalue weighted by Gasteiger charge is 2.12. The molecule has 100 valence electrons. The quantitative estimate of drug-likeness (QED) is 0.840. The molecule has 1 aromatic rings. The third kappa shape index (κ3) is 4.22. The molecule has 0 saturated carbocycles. The fourth-order valence-electron chi connectivity index (χ4n) is 2.31. The second-order valence-corrected chi connectivity index (χ2v) is 4.69. The second-order valence-electron chi connectivity index (χ2n) is 4.69. The SMILES string of the molecule is CCOc1cccc(OCC[C@H]2CCCCN2)c1. The van der Waals surface area contributed by atoms with Gasteiger partial charge < -0.3 is 14.8 Å². The summed E-state index contributed by atoms with van der Waals surface area (Å²) >= 11 is 0. The van der Waals surface area contributed by atoms with E-state index in [2.05, 4.69) is 5.32 Å². The summed E-state index contributed by atoms with van der Waals surface area (Å²) in [6.07, 6.45) is 5.02. The Morgan fingerprint density at radius 1 is 1.22 bits per heavy atom. The highest BCUT2D eigenvalue weighted by Crippen LogP contribution is 2.20. The van der Waals surface area contributed by atoms with Crippen molar-refractivity contribution in [2.75, 3.05) is 19.8 Å². The molecule has 2 rings (SSSR count). The number of piperidine rings is 1. The Bertz CT molecular complexity index is 348. The molecule has 0 aromatic heterocycles. The first-order chi connectivity index (χ1) is 8.88. The first-order valence-corrected chi connectivity index (χ1v) is 6.97. The molecule has 3 nitrogen and oxygen atoms in total. The summed E-state index contributed by atoms with van der Waals surface area (Å²) < 4.78 is 11.2. The zero-order valence-corrected chi connectivity index (χ0v) is 11.2. The van der Waals surface area contributed by atoms with Gasteiger partial charge in [0.2, 0.25) is 0 Å². The Balaban J connectivity index is 1.73. The van der Waals surface area contributed by atoms with Crippen LogP contribution in [-0.2, 0) is 0 Å². The average molecular weight is 249 g/mol. The minimum atomic E-state index is 0.633. The van der Waals surface area contributed by atoms with E-state index in [9.17, 15) is 0 Å². The smallest absolute Gasteiger partial charge is 0.122 e. The fourth-order valence-corrected chi connectivity index (χ4v) is 2.31. The van der Waals surface area contributed by atoms with Crippen molar-refractivity contribution in [3.8, 4) is 11.5 Å². The minimum absolute atomic E-state index is 0.633. The molecule has 1 aliphatic heterocycles. The van der Waals surface area contributed by atoms with Crippen LogP contribution in [0.1, 0.15) is 32.6 Å². The normalized spacial score (nSPS) is 19.5. The Hall–Kier alpha value is -1.22. The number of nitrogens with one attached hydrogen (secondary N) is 1. The van der Waals surface area contributed by atoms with Crippen molar-refractivity contribution < 1.29 is 9.47 Å². The van der Waals surface area contributed by atoms with Gasteiger partial charge in [-0.05, 0) is 44.9 Å². The van der Waals surface area contributed by atoms with Crippen LogP contribution in [-0.4, -0.2) is 25.8 Å². The van der Waals surface area contributed by atoms with Gasteiger partial charge in [-0.1, -0.05) is 12.5 Å². The third-order valence-electron chi connectivity index (χ3n) is 3.26. The summed E-state index contributed by atoms with van der Waals surface area (Å²) in [6, 6.07) is 8.50. The van der Waals surface area contributed by atoms with Crippen molar-refractivity contribution >= 4 is 0 Å². The first kappa shape index (κ1) is 13.2. The molecule has 1 saturated heterocycles. The molecule has 0 bridgehead atoms. The standard InChI is InChI=1S/C15H23NO2/c1-2-17-14-7-5-8-15(12-14)18-11-9-13-6-3-4-10-16-13/h5,7-8,12-13,16H,2-4,6,9-11H2,1H3/t13-/m1/s1. The van der Waals surface area contributed by atoms with Gasteiger partial charge in [0.1, 0.15) is 11.5 Å². The lowest BCUT2D eigenvalue weighted by molar-refractivity contribution is 0.266. The van der Waals surface area contributed by atoms with E-state index in [0.29, 0.717) is 12.6 Å². The second kappa shape index (κ2) is 7.27. The van der Waals surface area contributed by atoms with Crippen LogP contribution in [0.3, 0.4) is 0 Å². The molecule has 0 radical (unpaired) electrons. The zero-order valence-electron chi connectivity index (χ0n) is 11.2. The van der Waals surface area contributed by atoms with E-state index in [1.54, 1.807) is 0 Å². The number of hydrogen-bond donors (Lipinski definition) is 1. The number of benzene rings is 1. The molecule has 0 amide bonds. The van der Waals surface area contributed by atoms with Gasteiger partial charge in [-0.3, -0.25) is 0 Å². The Morgan fingerprint density at radius 2 is 2.06 bits per heavy atom. The van der Waals surface area contributed by atoms with Crippen molar-refractivity contribution in [1.29, 1.82) is 0 Å². The Labute approximate surface area is 109 Å². The Kier molecular flexibility index (Phi) is 5.34. The van der Waals surface area contributed by atoms with Crippen LogP contribution in [0.25, 0.3) is 0 Å². The van der Waals surface area contributed by atoms with Gasteiger partial charge >= 0.3 is 0 Å². The molecule has 0 spiro atoms. The largest absolute Gasteiger partial charge is 0.494 e. The molecular formula is C15H23NO2. The zero-order chi connectivity index (χ0) is 12.6. The summed E-state index contributed by atoms with van der Waals surface area (Å²) in [5.41, 5.74) is 0. The van der Waals surface area contributed by atoms with Crippen molar-refractivity contribution in [2.45, 2.75) is 38.6 Å². The molecule has 1 aliphatic rings. The monoisotopic (exact) mass is 249 g/mol. The topological polar surface area (TPSA) is 30.5 Å². The summed E-state index contributed by atoms with van der Waals surface area (Å²) in [7, 11) is 0. The van der Waals surface area contributed by atoms with Gasteiger partial charge in [0.05, 0.1) is 13.2 Å². The fraction of sp³-hybridized carbons (Fsp3) is 0.600. The van der Waals surface area contributed by atoms with Crippen molar-refractivity contribution in [3.05, 3.63) is 24.3 Å². The van der Waals surface area contributed by atoms with Crippen molar-refractivity contribution in [1.82, 2.24) is 5.32 Å². The van der Waals surface area contributed by atoms with Crippen LogP contribution < -0.4 is 14.8 Å². The van der Waals surface area contributed by atoms with E-state index in [1.165, 1.54) is 19.3 Å². The highest BCUT2D eigenvalue weighted by molar-refractivity contribution is 5.32. The van der Waals surface area contributed by atoms with E-state index < -0.39 is 0 Å². The molecule has 1 aromatic carbocycles. The number of rotatable bonds is 6. The van der Waals surface area contributed by atoms with E-state index in [-0.39, 0.29) is 0 Å². The van der Waals surface area contributed by atoms with E-state index in [0.717, 1.165) is 31.1 Å². The van der Waals surface area contributed by atoms with Crippen LogP contribution >= 0.6 is 0 Å². The average Bonchev–Trinajstić information content (AvgIpc) is 2.41. The van der Waals surface area contributed by atoms with Crippen LogP contribution in [0.4, 0.5) is 0 Å². The highest BCUT2D eigenvalue weighted by atomic mass is 16.5. The lowest BCUT2D eigenvalue weighted by atomic mass is 10.0. The molecule has 18 heavy (non-hydrogen) atoms. The predicted molar refractivity (Wildman–Crippen MR) is 73.4 cm³/mol. The van der Waals surface area contributed by atoms with Gasteiger partial charge in [-0.25, -0.2) is 0 Å². The predicted octanol–water partition coefficient (Wildman–Crippen LogP) is 3.00. The van der Waals surface area contributed by atoms with Crippen LogP contribution in [0.15, 0.2) is 24.3 Å². The first-order valence-electron chi connectivity index (χ1n) is 6.97. The van der Waals surface area contributed by atoms with Gasteiger partial charge in [-0.2, -0.15) is 0 Å². The maximum absolute atomic E-state index is 5.78.